The number of carbonyl (C=O) groups excluding carboxylic acids is 1. The fourth-order valence-corrected chi connectivity index (χ4v) is 0.855. The molecule has 0 bridgehead atoms. The third-order valence-electron chi connectivity index (χ3n) is 1.43. The molecular weight excluding hydrogens is 116 g/mol. The number of hydrogen-bond acceptors (Lipinski definition) is 2. The van der Waals surface area contributed by atoms with E-state index in [0.717, 1.165) is 13.1 Å². The fourth-order valence-electron chi connectivity index (χ4n) is 0.855. The highest BCUT2D eigenvalue weighted by Gasteiger charge is 2.09. The Kier molecular flexibility index (Phi) is 2.05. The third kappa shape index (κ3) is 2.01. The van der Waals surface area contributed by atoms with E-state index in [1.807, 2.05) is 0 Å². The van der Waals surface area contributed by atoms with Crippen LogP contribution in [0.1, 0.15) is 6.92 Å². The summed E-state index contributed by atoms with van der Waals surface area (Å²) in [4.78, 5) is 10.7. The summed E-state index contributed by atoms with van der Waals surface area (Å²) in [6.45, 7) is 4.34. The van der Waals surface area contributed by atoms with Crippen molar-refractivity contribution in [3.63, 3.8) is 0 Å². The molecule has 52 valence electrons. The molecule has 1 atom stereocenters. The first-order valence-electron chi connectivity index (χ1n) is 3.26. The van der Waals surface area contributed by atoms with Gasteiger partial charge in [-0.2, -0.15) is 0 Å². The van der Waals surface area contributed by atoms with Crippen LogP contribution in [0.2, 0.25) is 0 Å². The Hall–Kier alpha value is -0.570. The molecule has 1 aliphatic rings. The van der Waals surface area contributed by atoms with Gasteiger partial charge in [0.2, 0.25) is 5.91 Å². The van der Waals surface area contributed by atoms with Crippen LogP contribution >= 0.6 is 0 Å². The van der Waals surface area contributed by atoms with E-state index >= 15 is 0 Å². The van der Waals surface area contributed by atoms with Crippen molar-refractivity contribution in [3.05, 3.63) is 0 Å². The second kappa shape index (κ2) is 2.82. The Morgan fingerprint density at radius 2 is 2.33 bits per heavy atom. The summed E-state index contributed by atoms with van der Waals surface area (Å²) < 4.78 is 0. The molecule has 1 amide bonds. The lowest BCUT2D eigenvalue weighted by Gasteiger charge is -2.04. The summed E-state index contributed by atoms with van der Waals surface area (Å²) in [6.07, 6.45) is 0. The van der Waals surface area contributed by atoms with Gasteiger partial charge in [0.25, 0.3) is 0 Å². The Morgan fingerprint density at radius 3 is 3.11 bits per heavy atom. The molecule has 1 aliphatic heterocycles. The largest absolute Gasteiger partial charge is 0.355 e. The van der Waals surface area contributed by atoms with Gasteiger partial charge >= 0.3 is 0 Å². The summed E-state index contributed by atoms with van der Waals surface area (Å²) in [5, 5.41) is 5.83. The minimum atomic E-state index is 0.111. The molecule has 0 spiro atoms. The van der Waals surface area contributed by atoms with Gasteiger partial charge in [-0.25, -0.2) is 0 Å². The van der Waals surface area contributed by atoms with Crippen LogP contribution in [-0.2, 0) is 4.79 Å². The number of hydrogen-bond donors (Lipinski definition) is 2. The van der Waals surface area contributed by atoms with Crippen molar-refractivity contribution < 1.29 is 4.79 Å². The molecule has 1 fully saturated rings. The number of carbonyl (C=O) groups is 1. The molecule has 2 N–H and O–H groups in total. The molecule has 0 aromatic heterocycles. The van der Waals surface area contributed by atoms with Crippen LogP contribution in [0.25, 0.3) is 0 Å². The first-order valence-corrected chi connectivity index (χ1v) is 3.26. The van der Waals surface area contributed by atoms with Crippen molar-refractivity contribution >= 4 is 5.91 Å². The molecule has 3 nitrogen and oxygen atoms in total. The molecule has 9 heavy (non-hydrogen) atoms. The minimum absolute atomic E-state index is 0.111. The minimum Gasteiger partial charge on any atom is -0.355 e. The predicted octanol–water partition coefficient (Wildman–Crippen LogP) is -0.658. The summed E-state index contributed by atoms with van der Waals surface area (Å²) in [7, 11) is 0. The highest BCUT2D eigenvalue weighted by atomic mass is 16.1. The average Bonchev–Trinajstić information content (AvgIpc) is 1.97. The zero-order chi connectivity index (χ0) is 6.69. The van der Waals surface area contributed by atoms with Crippen molar-refractivity contribution in [2.75, 3.05) is 19.6 Å². The van der Waals surface area contributed by atoms with Gasteiger partial charge in [-0.15, -0.1) is 0 Å². The molecule has 1 heterocycles. The van der Waals surface area contributed by atoms with Crippen molar-refractivity contribution in [1.82, 2.24) is 10.6 Å². The summed E-state index contributed by atoms with van der Waals surface area (Å²) in [5.74, 6) is 0.677. The molecule has 1 unspecified atom stereocenters. The topological polar surface area (TPSA) is 41.1 Å². The Bertz CT molecular complexity index is 114. The van der Waals surface area contributed by atoms with Gasteiger partial charge in [-0.05, 0) is 12.5 Å². The smallest absolute Gasteiger partial charge is 0.233 e. The lowest BCUT2D eigenvalue weighted by atomic mass is 10.2. The molecule has 1 rings (SSSR count). The Balaban J connectivity index is 2.34. The summed E-state index contributed by atoms with van der Waals surface area (Å²) >= 11 is 0. The van der Waals surface area contributed by atoms with Crippen LogP contribution < -0.4 is 10.6 Å². The molecule has 0 radical (unpaired) electrons. The zero-order valence-electron chi connectivity index (χ0n) is 5.61. The van der Waals surface area contributed by atoms with E-state index in [4.69, 9.17) is 0 Å². The number of amides is 1. The van der Waals surface area contributed by atoms with Crippen LogP contribution in [0.3, 0.4) is 0 Å². The first kappa shape index (κ1) is 6.55. The van der Waals surface area contributed by atoms with Gasteiger partial charge in [-0.3, -0.25) is 4.79 Å². The van der Waals surface area contributed by atoms with Crippen LogP contribution in [-0.4, -0.2) is 25.5 Å². The third-order valence-corrected chi connectivity index (χ3v) is 1.43. The van der Waals surface area contributed by atoms with Crippen molar-refractivity contribution in [2.24, 2.45) is 5.92 Å². The Labute approximate surface area is 54.8 Å². The maximum atomic E-state index is 10.7. The SMILES string of the molecule is CC1CNCC(=O)NC1. The molecule has 0 aromatic carbocycles. The van der Waals surface area contributed by atoms with Gasteiger partial charge in [0.1, 0.15) is 0 Å². The van der Waals surface area contributed by atoms with Crippen LogP contribution in [0.4, 0.5) is 0 Å². The van der Waals surface area contributed by atoms with Crippen LogP contribution in [0, 0.1) is 5.92 Å². The molecule has 0 saturated carbocycles. The van der Waals surface area contributed by atoms with Crippen molar-refractivity contribution in [1.29, 1.82) is 0 Å². The quantitative estimate of drug-likeness (QED) is 0.455. The van der Waals surface area contributed by atoms with E-state index in [1.54, 1.807) is 0 Å². The summed E-state index contributed by atoms with van der Waals surface area (Å²) in [5.41, 5.74) is 0. The standard InChI is InChI=1S/C6H12N2O/c1-5-2-7-4-6(9)8-3-5/h5,7H,2-4H2,1H3,(H,8,9). The normalized spacial score (nSPS) is 29.0. The fraction of sp³-hybridized carbons (Fsp3) is 0.833. The van der Waals surface area contributed by atoms with E-state index in [-0.39, 0.29) is 5.91 Å². The molecule has 1 saturated heterocycles. The lowest BCUT2D eigenvalue weighted by Crippen LogP contribution is -2.29. The van der Waals surface area contributed by atoms with Gasteiger partial charge in [-0.1, -0.05) is 6.92 Å². The molecule has 0 aromatic rings. The van der Waals surface area contributed by atoms with E-state index in [0.29, 0.717) is 12.5 Å². The highest BCUT2D eigenvalue weighted by molar-refractivity contribution is 5.78. The molecular formula is C6H12N2O. The number of rotatable bonds is 0. The second-order valence-corrected chi connectivity index (χ2v) is 2.54. The van der Waals surface area contributed by atoms with Gasteiger partial charge in [0, 0.05) is 6.54 Å². The monoisotopic (exact) mass is 128 g/mol. The zero-order valence-corrected chi connectivity index (χ0v) is 5.61. The maximum absolute atomic E-state index is 10.7. The Morgan fingerprint density at radius 1 is 1.56 bits per heavy atom. The number of nitrogens with one attached hydrogen (secondary N) is 2. The van der Waals surface area contributed by atoms with E-state index in [9.17, 15) is 4.79 Å². The lowest BCUT2D eigenvalue weighted by molar-refractivity contribution is -0.119. The second-order valence-electron chi connectivity index (χ2n) is 2.54. The van der Waals surface area contributed by atoms with Crippen molar-refractivity contribution in [2.45, 2.75) is 6.92 Å². The predicted molar refractivity (Wildman–Crippen MR) is 35.0 cm³/mol. The average molecular weight is 128 g/mol. The van der Waals surface area contributed by atoms with E-state index in [1.165, 1.54) is 0 Å². The maximum Gasteiger partial charge on any atom is 0.233 e. The molecule has 0 aliphatic carbocycles. The van der Waals surface area contributed by atoms with Crippen LogP contribution in [0.5, 0.6) is 0 Å². The van der Waals surface area contributed by atoms with Crippen molar-refractivity contribution in [3.8, 4) is 0 Å². The molecule has 3 heteroatoms. The highest BCUT2D eigenvalue weighted by Crippen LogP contribution is 1.91. The van der Waals surface area contributed by atoms with Crippen LogP contribution in [0.15, 0.2) is 0 Å². The van der Waals surface area contributed by atoms with Gasteiger partial charge in [0.15, 0.2) is 0 Å². The van der Waals surface area contributed by atoms with E-state index in [2.05, 4.69) is 17.6 Å². The first-order chi connectivity index (χ1) is 4.29. The van der Waals surface area contributed by atoms with Gasteiger partial charge in [0.05, 0.1) is 6.54 Å². The van der Waals surface area contributed by atoms with Gasteiger partial charge < -0.3 is 10.6 Å². The summed E-state index contributed by atoms with van der Waals surface area (Å²) in [6, 6.07) is 0. The van der Waals surface area contributed by atoms with E-state index < -0.39 is 0 Å².